The van der Waals surface area contributed by atoms with Crippen LogP contribution < -0.4 is 16.0 Å². The Kier molecular flexibility index (Phi) is 3.82. The zero-order valence-electron chi connectivity index (χ0n) is 10.4. The van der Waals surface area contributed by atoms with Gasteiger partial charge in [-0.1, -0.05) is 12.1 Å². The third-order valence-corrected chi connectivity index (χ3v) is 3.01. The number of carbonyl (C=O) groups excluding carboxylic acids is 2. The van der Waals surface area contributed by atoms with Gasteiger partial charge in [-0.25, -0.2) is 0 Å². The minimum Gasteiger partial charge on any atom is -0.384 e. The van der Waals surface area contributed by atoms with E-state index in [1.165, 1.54) is 0 Å². The molecule has 0 saturated heterocycles. The van der Waals surface area contributed by atoms with Gasteiger partial charge in [-0.2, -0.15) is 0 Å². The van der Waals surface area contributed by atoms with Gasteiger partial charge in [0.05, 0.1) is 17.8 Å². The summed E-state index contributed by atoms with van der Waals surface area (Å²) in [6.07, 6.45) is 2.06. The van der Waals surface area contributed by atoms with E-state index in [9.17, 15) is 9.59 Å². The SMILES string of the molecule is CNC(=O)CNC(=O)c1cccc2c1NCCC2. The zero-order chi connectivity index (χ0) is 13.0. The van der Waals surface area contributed by atoms with Gasteiger partial charge in [0.2, 0.25) is 5.91 Å². The Morgan fingerprint density at radius 1 is 1.39 bits per heavy atom. The fraction of sp³-hybridized carbons (Fsp3) is 0.385. The van der Waals surface area contributed by atoms with Crippen molar-refractivity contribution in [3.05, 3.63) is 29.3 Å². The standard InChI is InChI=1S/C13H17N3O2/c1-14-11(17)8-16-13(18)10-6-2-4-9-5-3-7-15-12(9)10/h2,4,6,15H,3,5,7-8H2,1H3,(H,14,17)(H,16,18). The van der Waals surface area contributed by atoms with E-state index < -0.39 is 0 Å². The van der Waals surface area contributed by atoms with E-state index in [-0.39, 0.29) is 18.4 Å². The summed E-state index contributed by atoms with van der Waals surface area (Å²) in [5, 5.41) is 8.33. The number of aryl methyl sites for hydroxylation is 1. The van der Waals surface area contributed by atoms with Crippen molar-refractivity contribution in [2.75, 3.05) is 25.5 Å². The Morgan fingerprint density at radius 2 is 2.22 bits per heavy atom. The van der Waals surface area contributed by atoms with E-state index >= 15 is 0 Å². The second kappa shape index (κ2) is 5.53. The first-order valence-corrected chi connectivity index (χ1v) is 6.07. The van der Waals surface area contributed by atoms with Crippen LogP contribution in [-0.2, 0) is 11.2 Å². The third kappa shape index (κ3) is 2.61. The first-order valence-electron chi connectivity index (χ1n) is 6.07. The van der Waals surface area contributed by atoms with Crippen LogP contribution in [0.25, 0.3) is 0 Å². The maximum absolute atomic E-state index is 12.0. The van der Waals surface area contributed by atoms with Gasteiger partial charge in [0.15, 0.2) is 0 Å². The maximum Gasteiger partial charge on any atom is 0.253 e. The topological polar surface area (TPSA) is 70.2 Å². The molecule has 1 heterocycles. The van der Waals surface area contributed by atoms with Gasteiger partial charge in [0.1, 0.15) is 0 Å². The number of likely N-dealkylation sites (N-methyl/N-ethyl adjacent to an activating group) is 1. The van der Waals surface area contributed by atoms with Crippen molar-refractivity contribution in [1.29, 1.82) is 0 Å². The smallest absolute Gasteiger partial charge is 0.253 e. The van der Waals surface area contributed by atoms with Gasteiger partial charge >= 0.3 is 0 Å². The first kappa shape index (κ1) is 12.4. The number of para-hydroxylation sites is 1. The van der Waals surface area contributed by atoms with Gasteiger partial charge < -0.3 is 16.0 Å². The van der Waals surface area contributed by atoms with Crippen molar-refractivity contribution >= 4 is 17.5 Å². The normalized spacial score (nSPS) is 13.2. The summed E-state index contributed by atoms with van der Waals surface area (Å²) in [5.41, 5.74) is 2.67. The molecule has 1 aliphatic heterocycles. The minimum atomic E-state index is -0.218. The number of carbonyl (C=O) groups is 2. The van der Waals surface area contributed by atoms with Gasteiger partial charge in [0.25, 0.3) is 5.91 Å². The van der Waals surface area contributed by atoms with E-state index in [0.717, 1.165) is 30.6 Å². The van der Waals surface area contributed by atoms with Crippen molar-refractivity contribution in [3.8, 4) is 0 Å². The third-order valence-electron chi connectivity index (χ3n) is 3.01. The highest BCUT2D eigenvalue weighted by atomic mass is 16.2. The number of hydrogen-bond acceptors (Lipinski definition) is 3. The highest BCUT2D eigenvalue weighted by Crippen LogP contribution is 2.25. The van der Waals surface area contributed by atoms with Crippen LogP contribution in [0.2, 0.25) is 0 Å². The fourth-order valence-electron chi connectivity index (χ4n) is 2.04. The molecule has 0 fully saturated rings. The summed E-state index contributed by atoms with van der Waals surface area (Å²) in [7, 11) is 1.54. The number of nitrogens with one attached hydrogen (secondary N) is 3. The molecule has 0 radical (unpaired) electrons. The lowest BCUT2D eigenvalue weighted by atomic mass is 9.99. The molecule has 0 spiro atoms. The summed E-state index contributed by atoms with van der Waals surface area (Å²) in [6, 6.07) is 5.67. The Balaban J connectivity index is 2.13. The van der Waals surface area contributed by atoms with Crippen LogP contribution in [0.15, 0.2) is 18.2 Å². The molecular weight excluding hydrogens is 230 g/mol. The van der Waals surface area contributed by atoms with E-state index in [4.69, 9.17) is 0 Å². The van der Waals surface area contributed by atoms with Crippen LogP contribution in [0.3, 0.4) is 0 Å². The van der Waals surface area contributed by atoms with Gasteiger partial charge in [-0.15, -0.1) is 0 Å². The average Bonchev–Trinajstić information content (AvgIpc) is 2.43. The minimum absolute atomic E-state index is 0.000991. The van der Waals surface area contributed by atoms with Crippen LogP contribution in [0.1, 0.15) is 22.3 Å². The lowest BCUT2D eigenvalue weighted by Crippen LogP contribution is -2.35. The summed E-state index contributed by atoms with van der Waals surface area (Å²) in [4.78, 5) is 23.1. The summed E-state index contributed by atoms with van der Waals surface area (Å²) in [5.74, 6) is -0.425. The number of rotatable bonds is 3. The van der Waals surface area contributed by atoms with Crippen molar-refractivity contribution < 1.29 is 9.59 Å². The lowest BCUT2D eigenvalue weighted by Gasteiger charge is -2.20. The molecule has 0 unspecified atom stereocenters. The van der Waals surface area contributed by atoms with Crippen LogP contribution >= 0.6 is 0 Å². The molecule has 0 saturated carbocycles. The van der Waals surface area contributed by atoms with Crippen molar-refractivity contribution in [2.45, 2.75) is 12.8 Å². The Labute approximate surface area is 106 Å². The summed E-state index contributed by atoms with van der Waals surface area (Å²) >= 11 is 0. The predicted octanol–water partition coefficient (Wildman–Crippen LogP) is 0.520. The molecule has 18 heavy (non-hydrogen) atoms. The second-order valence-electron chi connectivity index (χ2n) is 4.23. The molecule has 0 aliphatic carbocycles. The Morgan fingerprint density at radius 3 is 3.00 bits per heavy atom. The molecule has 1 aromatic carbocycles. The molecule has 3 N–H and O–H groups in total. The molecule has 0 bridgehead atoms. The van der Waals surface area contributed by atoms with Gasteiger partial charge in [-0.3, -0.25) is 9.59 Å². The number of amides is 2. The fourth-order valence-corrected chi connectivity index (χ4v) is 2.04. The number of benzene rings is 1. The van der Waals surface area contributed by atoms with Crippen LogP contribution in [0.4, 0.5) is 5.69 Å². The van der Waals surface area contributed by atoms with E-state index in [0.29, 0.717) is 5.56 Å². The molecule has 0 atom stereocenters. The molecule has 96 valence electrons. The monoisotopic (exact) mass is 247 g/mol. The van der Waals surface area contributed by atoms with Gasteiger partial charge in [0, 0.05) is 13.6 Å². The predicted molar refractivity (Wildman–Crippen MR) is 69.7 cm³/mol. The van der Waals surface area contributed by atoms with Gasteiger partial charge in [-0.05, 0) is 24.5 Å². The van der Waals surface area contributed by atoms with E-state index in [2.05, 4.69) is 16.0 Å². The number of fused-ring (bicyclic) bond motifs is 1. The van der Waals surface area contributed by atoms with Crippen molar-refractivity contribution in [1.82, 2.24) is 10.6 Å². The maximum atomic E-state index is 12.0. The van der Waals surface area contributed by atoms with Crippen LogP contribution in [-0.4, -0.2) is 32.0 Å². The number of anilines is 1. The Bertz CT molecular complexity index is 471. The first-order chi connectivity index (χ1) is 8.72. The molecule has 1 aliphatic rings. The zero-order valence-corrected chi connectivity index (χ0v) is 10.4. The molecule has 1 aromatic rings. The van der Waals surface area contributed by atoms with Crippen molar-refractivity contribution in [3.63, 3.8) is 0 Å². The largest absolute Gasteiger partial charge is 0.384 e. The summed E-state index contributed by atoms with van der Waals surface area (Å²) < 4.78 is 0. The molecule has 2 rings (SSSR count). The highest BCUT2D eigenvalue weighted by molar-refractivity contribution is 6.01. The molecular formula is C13H17N3O2. The van der Waals surface area contributed by atoms with E-state index in [1.54, 1.807) is 13.1 Å². The number of hydrogen-bond donors (Lipinski definition) is 3. The average molecular weight is 247 g/mol. The lowest BCUT2D eigenvalue weighted by molar-refractivity contribution is -0.119. The molecule has 0 aromatic heterocycles. The van der Waals surface area contributed by atoms with E-state index in [1.807, 2.05) is 12.1 Å². The highest BCUT2D eigenvalue weighted by Gasteiger charge is 2.17. The van der Waals surface area contributed by atoms with Crippen molar-refractivity contribution in [2.24, 2.45) is 0 Å². The molecule has 5 heteroatoms. The quantitative estimate of drug-likeness (QED) is 0.729. The Hall–Kier alpha value is -2.04. The molecule has 5 nitrogen and oxygen atoms in total. The van der Waals surface area contributed by atoms with Crippen LogP contribution in [0, 0.1) is 0 Å². The second-order valence-corrected chi connectivity index (χ2v) is 4.23. The summed E-state index contributed by atoms with van der Waals surface area (Å²) in [6.45, 7) is 0.881. The van der Waals surface area contributed by atoms with Crippen LogP contribution in [0.5, 0.6) is 0 Å². The molecule has 2 amide bonds.